The number of para-hydroxylation sites is 1. The van der Waals surface area contributed by atoms with E-state index in [1.165, 1.54) is 67.8 Å². The first-order chi connectivity index (χ1) is 18.7. The van der Waals surface area contributed by atoms with Crippen LogP contribution in [0.25, 0.3) is 5.57 Å². The van der Waals surface area contributed by atoms with Crippen LogP contribution in [0.1, 0.15) is 46.2 Å². The Morgan fingerprint density at radius 1 is 1.00 bits per heavy atom. The number of fused-ring (bicyclic) bond motifs is 3. The molecule has 1 spiro atoms. The number of anilines is 1. The highest BCUT2D eigenvalue weighted by molar-refractivity contribution is 8.25. The summed E-state index contributed by atoms with van der Waals surface area (Å²) in [6.45, 7) is 8.25. The molecule has 3 aliphatic rings. The second-order valence-electron chi connectivity index (χ2n) is 10.3. The summed E-state index contributed by atoms with van der Waals surface area (Å²) in [5.41, 5.74) is 0.275. The number of ether oxygens (including phenoxy) is 2. The van der Waals surface area contributed by atoms with Crippen molar-refractivity contribution in [1.29, 1.82) is 0 Å². The third-order valence-corrected chi connectivity index (χ3v) is 13.8. The molecule has 5 rings (SSSR count). The van der Waals surface area contributed by atoms with E-state index in [4.69, 9.17) is 9.47 Å². The van der Waals surface area contributed by atoms with E-state index in [9.17, 15) is 29.6 Å². The molecule has 1 aromatic carbocycles. The van der Waals surface area contributed by atoms with E-state index in [-0.39, 0.29) is 33.8 Å². The molecule has 0 fully saturated rings. The third kappa shape index (κ3) is 3.62. The van der Waals surface area contributed by atoms with Crippen LogP contribution < -0.4 is 4.90 Å². The number of nitrogens with zero attached hydrogens (tertiary/aromatic N) is 2. The highest BCUT2D eigenvalue weighted by atomic mass is 32.2. The Balaban J connectivity index is 1.83. The molecular formula is C27H31N2O8PS2. The number of methoxy groups -OCH3 is 2. The molecule has 2 atom stereocenters. The van der Waals surface area contributed by atoms with Gasteiger partial charge in [0.05, 0.1) is 30.8 Å². The summed E-state index contributed by atoms with van der Waals surface area (Å²) in [7, 11) is -1.17. The summed E-state index contributed by atoms with van der Waals surface area (Å²) in [4.78, 5) is 27.4. The Morgan fingerprint density at radius 2 is 1.55 bits per heavy atom. The molecule has 10 nitrogen and oxygen atoms in total. The van der Waals surface area contributed by atoms with Gasteiger partial charge in [-0.05, 0) is 46.3 Å². The third-order valence-electron chi connectivity index (χ3n) is 7.86. The van der Waals surface area contributed by atoms with Crippen LogP contribution in [0.15, 0.2) is 56.7 Å². The molecule has 4 heterocycles. The van der Waals surface area contributed by atoms with Crippen LogP contribution in [0.4, 0.5) is 5.69 Å². The number of rotatable bonds is 4. The Labute approximate surface area is 240 Å². The number of phenolic OH excluding ortho intramolecular Hbond substituents is 1. The van der Waals surface area contributed by atoms with Crippen LogP contribution in [-0.2, 0) is 18.8 Å². The molecule has 0 radical (unpaired) electrons. The smallest absolute Gasteiger partial charge is 0.253 e. The number of carbonyl (C=O) groups excluding carboxylic acids is 1. The topological polar surface area (TPSA) is 142 Å². The summed E-state index contributed by atoms with van der Waals surface area (Å²) < 4.78 is 25.8. The number of amides is 1. The van der Waals surface area contributed by atoms with E-state index < -0.39 is 28.9 Å². The lowest BCUT2D eigenvalue weighted by molar-refractivity contribution is -0.122. The number of carbonyl (C=O) groups is 1. The highest BCUT2D eigenvalue weighted by Crippen LogP contribution is 2.78. The highest BCUT2D eigenvalue weighted by Gasteiger charge is 2.62. The van der Waals surface area contributed by atoms with Crippen molar-refractivity contribution in [1.82, 2.24) is 4.57 Å². The Kier molecular flexibility index (Phi) is 6.65. The molecule has 40 heavy (non-hydrogen) atoms. The van der Waals surface area contributed by atoms with Crippen LogP contribution in [0.3, 0.4) is 0 Å². The van der Waals surface area contributed by atoms with Crippen molar-refractivity contribution in [2.24, 2.45) is 0 Å². The number of allylic oxidation sites excluding steroid dienone is 1. The Morgan fingerprint density at radius 3 is 2.08 bits per heavy atom. The zero-order chi connectivity index (χ0) is 29.5. The molecule has 0 saturated heterocycles. The maximum Gasteiger partial charge on any atom is 0.253 e. The monoisotopic (exact) mass is 606 g/mol. The quantitative estimate of drug-likeness (QED) is 0.312. The number of hydrogen-bond donors (Lipinski definition) is 4. The number of hydrogen-bond acceptors (Lipinski definition) is 9. The van der Waals surface area contributed by atoms with Crippen molar-refractivity contribution < 1.29 is 39.0 Å². The fraction of sp³-hybridized carbons (Fsp3) is 0.370. The molecule has 0 saturated carbocycles. The van der Waals surface area contributed by atoms with E-state index in [2.05, 4.69) is 0 Å². The van der Waals surface area contributed by atoms with Crippen molar-refractivity contribution >= 4 is 48.1 Å². The van der Waals surface area contributed by atoms with Gasteiger partial charge in [-0.2, -0.15) is 0 Å². The molecule has 2 aromatic rings. The zero-order valence-electron chi connectivity index (χ0n) is 23.0. The molecule has 1 amide bonds. The van der Waals surface area contributed by atoms with E-state index >= 15 is 0 Å². The molecule has 13 heteroatoms. The lowest BCUT2D eigenvalue weighted by Gasteiger charge is -2.52. The standard InChI is InChI=1S/C27H31N2O8PS2/c1-13-15(3)38(34,35)22-20(27(13)39-24(36-6)25(37-7)40-27)16-9-8-10-17(30)21(16)29(26(22,4)5)23(33)14(2)28-18(31)11-12-19(28)32/h8-12,14,30-32H,1-7H3,(H,34,35). The van der Waals surface area contributed by atoms with Gasteiger partial charge >= 0.3 is 0 Å². The normalized spacial score (nSPS) is 23.9. The van der Waals surface area contributed by atoms with Gasteiger partial charge in [-0.15, -0.1) is 0 Å². The molecule has 4 N–H and O–H groups in total. The first-order valence-corrected chi connectivity index (χ1v) is 15.7. The fourth-order valence-corrected chi connectivity index (χ4v) is 11.7. The summed E-state index contributed by atoms with van der Waals surface area (Å²) in [5, 5.41) is 33.4. The van der Waals surface area contributed by atoms with Gasteiger partial charge in [-0.25, -0.2) is 0 Å². The first-order valence-electron chi connectivity index (χ1n) is 12.4. The van der Waals surface area contributed by atoms with Crippen LogP contribution in [0.2, 0.25) is 0 Å². The van der Waals surface area contributed by atoms with Crippen LogP contribution in [0, 0.1) is 0 Å². The minimum Gasteiger partial charge on any atom is -0.506 e. The Bertz CT molecular complexity index is 1570. The molecule has 2 unspecified atom stereocenters. The minimum atomic E-state index is -4.23. The zero-order valence-corrected chi connectivity index (χ0v) is 25.6. The number of aromatic nitrogens is 1. The number of thioether (sulfide) groups is 2. The predicted molar refractivity (Wildman–Crippen MR) is 156 cm³/mol. The van der Waals surface area contributed by atoms with Crippen LogP contribution in [-0.4, -0.2) is 54.5 Å². The van der Waals surface area contributed by atoms with Crippen molar-refractivity contribution in [3.8, 4) is 17.5 Å². The second-order valence-corrected chi connectivity index (χ2v) is 15.2. The average molecular weight is 607 g/mol. The maximum atomic E-state index is 14.4. The average Bonchev–Trinajstić information content (AvgIpc) is 3.45. The fourth-order valence-electron chi connectivity index (χ4n) is 5.84. The lowest BCUT2D eigenvalue weighted by Crippen LogP contribution is -2.55. The molecule has 214 valence electrons. The summed E-state index contributed by atoms with van der Waals surface area (Å²) >= 11 is 2.69. The van der Waals surface area contributed by atoms with E-state index in [0.717, 1.165) is 4.57 Å². The maximum absolute atomic E-state index is 14.4. The van der Waals surface area contributed by atoms with Gasteiger partial charge in [-0.3, -0.25) is 18.8 Å². The largest absolute Gasteiger partial charge is 0.506 e. The number of aromatic hydroxyl groups is 3. The van der Waals surface area contributed by atoms with Gasteiger partial charge in [0.2, 0.25) is 10.2 Å². The van der Waals surface area contributed by atoms with Crippen LogP contribution in [0.5, 0.6) is 17.5 Å². The molecule has 3 aliphatic heterocycles. The first kappa shape index (κ1) is 28.6. The van der Waals surface area contributed by atoms with Gasteiger partial charge in [0, 0.05) is 28.6 Å². The van der Waals surface area contributed by atoms with Crippen LogP contribution >= 0.6 is 30.9 Å². The van der Waals surface area contributed by atoms with E-state index in [1.807, 2.05) is 0 Å². The SMILES string of the molecule is COC1=C(OC)SC2(S1)C(C)=C(C)P(=O)(O)C1=C2c2cccc(O)c2N(C(=O)C(C)n2c(O)ccc2O)C1(C)C. The molecule has 1 aromatic heterocycles. The van der Waals surface area contributed by atoms with E-state index in [1.54, 1.807) is 39.8 Å². The minimum absolute atomic E-state index is 0.149. The van der Waals surface area contributed by atoms with Gasteiger partial charge < -0.3 is 29.7 Å². The molecule has 0 bridgehead atoms. The Hall–Kier alpha value is -2.92. The number of benzene rings is 1. The molecule has 0 aliphatic carbocycles. The summed E-state index contributed by atoms with van der Waals surface area (Å²) in [5.74, 6) is -1.47. The van der Waals surface area contributed by atoms with Gasteiger partial charge in [0.15, 0.2) is 11.8 Å². The van der Waals surface area contributed by atoms with Crippen molar-refractivity contribution in [2.75, 3.05) is 19.1 Å². The summed E-state index contributed by atoms with van der Waals surface area (Å²) in [6, 6.07) is 6.18. The molecular weight excluding hydrogens is 575 g/mol. The van der Waals surface area contributed by atoms with Gasteiger partial charge in [0.25, 0.3) is 13.3 Å². The lowest BCUT2D eigenvalue weighted by atomic mass is 9.83. The number of phenols is 1. The second kappa shape index (κ2) is 9.30. The van der Waals surface area contributed by atoms with Gasteiger partial charge in [0.1, 0.15) is 15.9 Å². The van der Waals surface area contributed by atoms with Crippen molar-refractivity contribution in [2.45, 2.75) is 50.3 Å². The summed E-state index contributed by atoms with van der Waals surface area (Å²) in [6.07, 6.45) is 0. The van der Waals surface area contributed by atoms with Crippen molar-refractivity contribution in [3.63, 3.8) is 0 Å². The van der Waals surface area contributed by atoms with Crippen molar-refractivity contribution in [3.05, 3.63) is 62.3 Å². The van der Waals surface area contributed by atoms with Gasteiger partial charge in [-0.1, -0.05) is 35.7 Å². The van der Waals surface area contributed by atoms with E-state index in [0.29, 0.717) is 26.9 Å². The predicted octanol–water partition coefficient (Wildman–Crippen LogP) is 5.88.